The van der Waals surface area contributed by atoms with Crippen LogP contribution in [0.15, 0.2) is 109 Å². The molecule has 0 aromatic rings. The molecule has 0 aliphatic heterocycles. The van der Waals surface area contributed by atoms with Gasteiger partial charge >= 0.3 is 7.82 Å². The highest BCUT2D eigenvalue weighted by Crippen LogP contribution is 2.43. The standard InChI is InChI=1S/C68H121N2O6P/c1-6-8-10-12-14-16-18-20-22-24-26-28-30-32-33-34-35-36-38-39-41-43-45-47-49-51-53-55-57-59-61-67(71)66(65-76-77(73,74)75-64-63-70(3,4)5)69-68(72)62-60-58-56-54-52-50-48-46-44-42-40-37-31-29-27-25-23-21-19-17-15-13-11-9-7-2/h9,11,15,17,21,23,27,29,37,40,43-46,51,53,59,61,66-67,71H,6-8,10,12-14,16,18-20,22,24-26,28,30-36,38-39,41-42,47-50,52,54-58,60,62-65H2,1-5H3,(H-,69,72,73,74)/p+1/b11-9-,17-15-,23-21-,29-27-,40-37-,45-43+,46-44-,53-51+,61-59+. The van der Waals surface area contributed by atoms with Crippen LogP contribution < -0.4 is 5.32 Å². The number of aliphatic hydroxyl groups is 1. The van der Waals surface area contributed by atoms with Gasteiger partial charge in [-0.2, -0.15) is 0 Å². The van der Waals surface area contributed by atoms with E-state index in [4.69, 9.17) is 9.05 Å². The van der Waals surface area contributed by atoms with Gasteiger partial charge in [-0.3, -0.25) is 13.8 Å². The zero-order valence-corrected chi connectivity index (χ0v) is 51.6. The summed E-state index contributed by atoms with van der Waals surface area (Å²) in [5.74, 6) is -0.208. The highest BCUT2D eigenvalue weighted by atomic mass is 31.2. The number of likely N-dealkylation sites (N-methyl/N-ethyl adjacent to an activating group) is 1. The number of rotatable bonds is 57. The van der Waals surface area contributed by atoms with E-state index in [-0.39, 0.29) is 19.1 Å². The highest BCUT2D eigenvalue weighted by Gasteiger charge is 2.27. The Balaban J connectivity index is 4.27. The molecule has 77 heavy (non-hydrogen) atoms. The maximum atomic E-state index is 13.0. The van der Waals surface area contributed by atoms with Crippen molar-refractivity contribution in [1.29, 1.82) is 0 Å². The number of hydrogen-bond acceptors (Lipinski definition) is 5. The first-order chi connectivity index (χ1) is 37.5. The lowest BCUT2D eigenvalue weighted by atomic mass is 10.0. The van der Waals surface area contributed by atoms with Crippen LogP contribution in [0.2, 0.25) is 0 Å². The van der Waals surface area contributed by atoms with E-state index in [9.17, 15) is 19.4 Å². The monoisotopic (exact) mass is 1090 g/mol. The molecule has 0 saturated heterocycles. The fourth-order valence-corrected chi connectivity index (χ4v) is 9.52. The van der Waals surface area contributed by atoms with Gasteiger partial charge in [-0.05, 0) is 96.3 Å². The second-order valence-electron chi connectivity index (χ2n) is 22.4. The normalized spacial score (nSPS) is 14.5. The number of unbranched alkanes of at least 4 members (excludes halogenated alkanes) is 28. The molecule has 0 spiro atoms. The lowest BCUT2D eigenvalue weighted by molar-refractivity contribution is -0.870. The third-order valence-electron chi connectivity index (χ3n) is 13.7. The molecule has 0 bridgehead atoms. The molecular weight excluding hydrogens is 972 g/mol. The largest absolute Gasteiger partial charge is 0.472 e. The number of aliphatic hydroxyl groups excluding tert-OH is 1. The fourth-order valence-electron chi connectivity index (χ4n) is 8.78. The molecule has 0 radical (unpaired) electrons. The first kappa shape index (κ1) is 74.2. The summed E-state index contributed by atoms with van der Waals surface area (Å²) in [4.78, 5) is 23.3. The number of nitrogens with one attached hydrogen (secondary N) is 1. The maximum Gasteiger partial charge on any atom is 0.472 e. The topological polar surface area (TPSA) is 105 Å². The Morgan fingerprint density at radius 3 is 1.19 bits per heavy atom. The van der Waals surface area contributed by atoms with Gasteiger partial charge in [0, 0.05) is 6.42 Å². The summed E-state index contributed by atoms with van der Waals surface area (Å²) in [6.45, 7) is 4.67. The number of carbonyl (C=O) groups is 1. The average Bonchev–Trinajstić information content (AvgIpc) is 3.39. The molecule has 3 atom stereocenters. The zero-order valence-electron chi connectivity index (χ0n) is 50.7. The molecule has 0 saturated carbocycles. The molecule has 3 N–H and O–H groups in total. The van der Waals surface area contributed by atoms with Crippen LogP contribution >= 0.6 is 7.82 Å². The van der Waals surface area contributed by atoms with Crippen molar-refractivity contribution in [3.63, 3.8) is 0 Å². The van der Waals surface area contributed by atoms with Crippen molar-refractivity contribution < 1.29 is 32.9 Å². The van der Waals surface area contributed by atoms with Gasteiger partial charge in [-0.15, -0.1) is 0 Å². The molecule has 0 aromatic heterocycles. The van der Waals surface area contributed by atoms with Gasteiger partial charge in [0.1, 0.15) is 13.2 Å². The van der Waals surface area contributed by atoms with E-state index in [1.54, 1.807) is 6.08 Å². The second kappa shape index (κ2) is 57.8. The molecule has 0 fully saturated rings. The van der Waals surface area contributed by atoms with Crippen molar-refractivity contribution in [3.05, 3.63) is 109 Å². The fraction of sp³-hybridized carbons (Fsp3) is 0.721. The summed E-state index contributed by atoms with van der Waals surface area (Å²) < 4.78 is 23.7. The summed E-state index contributed by atoms with van der Waals surface area (Å²) in [6, 6.07) is -0.888. The van der Waals surface area contributed by atoms with Crippen molar-refractivity contribution in [2.24, 2.45) is 0 Å². The molecule has 0 rings (SSSR count). The summed E-state index contributed by atoms with van der Waals surface area (Å²) in [5.41, 5.74) is 0. The Morgan fingerprint density at radius 1 is 0.455 bits per heavy atom. The van der Waals surface area contributed by atoms with E-state index in [0.717, 1.165) is 103 Å². The number of quaternary nitrogens is 1. The average molecular weight is 1090 g/mol. The van der Waals surface area contributed by atoms with Crippen LogP contribution in [0.25, 0.3) is 0 Å². The molecule has 9 heteroatoms. The minimum absolute atomic E-state index is 0.0444. The highest BCUT2D eigenvalue weighted by molar-refractivity contribution is 7.47. The quantitative estimate of drug-likeness (QED) is 0.0243. The van der Waals surface area contributed by atoms with Crippen LogP contribution in [0.3, 0.4) is 0 Å². The Morgan fingerprint density at radius 2 is 0.792 bits per heavy atom. The van der Waals surface area contributed by atoms with Gasteiger partial charge in [0.2, 0.25) is 5.91 Å². The molecule has 3 unspecified atom stereocenters. The van der Waals surface area contributed by atoms with E-state index in [1.165, 1.54) is 141 Å². The first-order valence-electron chi connectivity index (χ1n) is 31.8. The molecule has 0 aliphatic rings. The number of phosphoric ester groups is 1. The van der Waals surface area contributed by atoms with E-state index >= 15 is 0 Å². The number of phosphoric acid groups is 1. The first-order valence-corrected chi connectivity index (χ1v) is 33.3. The predicted molar refractivity (Wildman–Crippen MR) is 336 cm³/mol. The van der Waals surface area contributed by atoms with Crippen LogP contribution in [0, 0.1) is 0 Å². The predicted octanol–water partition coefficient (Wildman–Crippen LogP) is 19.9. The second-order valence-corrected chi connectivity index (χ2v) is 23.8. The minimum atomic E-state index is -4.38. The van der Waals surface area contributed by atoms with Crippen LogP contribution in [0.4, 0.5) is 0 Å². The maximum absolute atomic E-state index is 13.0. The summed E-state index contributed by atoms with van der Waals surface area (Å²) >= 11 is 0. The van der Waals surface area contributed by atoms with Gasteiger partial charge < -0.3 is 19.8 Å². The van der Waals surface area contributed by atoms with Gasteiger partial charge in [-0.1, -0.05) is 271 Å². The Hall–Kier alpha value is -2.84. The summed E-state index contributed by atoms with van der Waals surface area (Å²) in [7, 11) is 1.52. The van der Waals surface area contributed by atoms with Crippen LogP contribution in [-0.4, -0.2) is 73.4 Å². The SMILES string of the molecule is CC/C=C\C/C=C\C/C=C\C/C=C\C/C=C\C/C=C\CCCCCCCCC(=O)NC(COP(=O)(O)OCC[N+](C)(C)C)C(O)/C=C/CC/C=C/CC/C=C/CCCCCCCCCCCCCCCCCCCCCC. The van der Waals surface area contributed by atoms with Gasteiger partial charge in [0.15, 0.2) is 0 Å². The smallest absolute Gasteiger partial charge is 0.387 e. The molecular formula is C68H122N2O6P+. The Bertz CT molecular complexity index is 1620. The third kappa shape index (κ3) is 60.6. The molecule has 0 aliphatic carbocycles. The van der Waals surface area contributed by atoms with Crippen molar-refractivity contribution in [3.8, 4) is 0 Å². The zero-order chi connectivity index (χ0) is 56.3. The van der Waals surface area contributed by atoms with Crippen molar-refractivity contribution in [2.45, 2.75) is 276 Å². The van der Waals surface area contributed by atoms with E-state index in [1.807, 2.05) is 27.2 Å². The number of hydrogen-bond donors (Lipinski definition) is 3. The van der Waals surface area contributed by atoms with Crippen molar-refractivity contribution in [2.75, 3.05) is 40.9 Å². The van der Waals surface area contributed by atoms with Crippen LogP contribution in [-0.2, 0) is 18.4 Å². The lowest BCUT2D eigenvalue weighted by Gasteiger charge is -2.25. The number of allylic oxidation sites excluding steroid dienone is 17. The molecule has 0 heterocycles. The van der Waals surface area contributed by atoms with E-state index < -0.39 is 20.0 Å². The van der Waals surface area contributed by atoms with E-state index in [0.29, 0.717) is 17.4 Å². The van der Waals surface area contributed by atoms with Crippen LogP contribution in [0.1, 0.15) is 264 Å². The third-order valence-corrected chi connectivity index (χ3v) is 14.7. The summed E-state index contributed by atoms with van der Waals surface area (Å²) in [5, 5.41) is 13.9. The summed E-state index contributed by atoms with van der Waals surface area (Å²) in [6.07, 6.45) is 85.0. The number of nitrogens with zero attached hydrogens (tertiary/aromatic N) is 1. The van der Waals surface area contributed by atoms with Gasteiger partial charge in [0.25, 0.3) is 0 Å². The van der Waals surface area contributed by atoms with Gasteiger partial charge in [-0.25, -0.2) is 4.57 Å². The van der Waals surface area contributed by atoms with Crippen LogP contribution in [0.5, 0.6) is 0 Å². The molecule has 444 valence electrons. The molecule has 1 amide bonds. The van der Waals surface area contributed by atoms with Crippen molar-refractivity contribution in [1.82, 2.24) is 5.32 Å². The van der Waals surface area contributed by atoms with E-state index in [2.05, 4.69) is 116 Å². The number of amides is 1. The molecule has 0 aromatic carbocycles. The Labute approximate surface area is 476 Å². The van der Waals surface area contributed by atoms with Crippen molar-refractivity contribution >= 4 is 13.7 Å². The number of carbonyl (C=O) groups excluding carboxylic acids is 1. The Kier molecular flexibility index (Phi) is 55.7. The molecule has 8 nitrogen and oxygen atoms in total. The minimum Gasteiger partial charge on any atom is -0.387 e. The lowest BCUT2D eigenvalue weighted by Crippen LogP contribution is -2.45. The van der Waals surface area contributed by atoms with Gasteiger partial charge in [0.05, 0.1) is 39.9 Å².